The number of hydrogen-bond acceptors (Lipinski definition) is 5. The first-order chi connectivity index (χ1) is 15.4. The van der Waals surface area contributed by atoms with Crippen molar-refractivity contribution < 1.29 is 23.8 Å². The molecule has 0 aliphatic carbocycles. The Bertz CT molecular complexity index is 1150. The van der Waals surface area contributed by atoms with Gasteiger partial charge in [0.1, 0.15) is 12.4 Å². The van der Waals surface area contributed by atoms with Gasteiger partial charge in [0.15, 0.2) is 12.4 Å². The van der Waals surface area contributed by atoms with Crippen LogP contribution in [0.5, 0.6) is 5.75 Å². The van der Waals surface area contributed by atoms with Gasteiger partial charge in [-0.1, -0.05) is 30.3 Å². The number of fused-ring (bicyclic) bond motifs is 1. The highest BCUT2D eigenvalue weighted by Gasteiger charge is 2.16. The zero-order chi connectivity index (χ0) is 23.3. The van der Waals surface area contributed by atoms with Crippen molar-refractivity contribution in [1.29, 1.82) is 0 Å². The number of aryl methyl sites for hydroxylation is 1. The Labute approximate surface area is 192 Å². The van der Waals surface area contributed by atoms with E-state index < -0.39 is 6.10 Å². The first-order valence-electron chi connectivity index (χ1n) is 10.2. The molecule has 0 saturated carbocycles. The van der Waals surface area contributed by atoms with Crippen LogP contribution in [0.15, 0.2) is 49.1 Å². The maximum Gasteiger partial charge on any atom is 0.338 e. The molecule has 3 aromatic rings. The maximum absolute atomic E-state index is 12.2. The molecule has 6 nitrogen and oxygen atoms in total. The van der Waals surface area contributed by atoms with Crippen molar-refractivity contribution in [2.24, 2.45) is 0 Å². The van der Waals surface area contributed by atoms with Crippen molar-refractivity contribution in [2.75, 3.05) is 20.3 Å². The molecule has 1 heterocycles. The molecule has 32 heavy (non-hydrogen) atoms. The van der Waals surface area contributed by atoms with Crippen molar-refractivity contribution >= 4 is 34.8 Å². The van der Waals surface area contributed by atoms with Gasteiger partial charge in [0.05, 0.1) is 17.2 Å². The summed E-state index contributed by atoms with van der Waals surface area (Å²) in [6.45, 7) is 8.56. The fourth-order valence-corrected chi connectivity index (χ4v) is 3.80. The van der Waals surface area contributed by atoms with Crippen LogP contribution in [0, 0.1) is 13.8 Å². The minimum atomic E-state index is -0.714. The molecule has 2 aromatic carbocycles. The maximum atomic E-state index is 12.2. The van der Waals surface area contributed by atoms with Crippen LogP contribution in [0.4, 0.5) is 0 Å². The van der Waals surface area contributed by atoms with E-state index in [1.807, 2.05) is 38.1 Å². The van der Waals surface area contributed by atoms with Crippen LogP contribution < -0.4 is 4.74 Å². The van der Waals surface area contributed by atoms with E-state index in [4.69, 9.17) is 25.8 Å². The Hall–Kier alpha value is -3.09. The van der Waals surface area contributed by atoms with Crippen molar-refractivity contribution in [3.63, 3.8) is 0 Å². The molecule has 0 unspecified atom stereocenters. The fraction of sp³-hybridized carbons (Fsp3) is 0.280. The predicted octanol–water partition coefficient (Wildman–Crippen LogP) is 4.90. The summed E-state index contributed by atoms with van der Waals surface area (Å²) in [5.74, 6) is 0.0542. The van der Waals surface area contributed by atoms with Gasteiger partial charge in [0.2, 0.25) is 0 Å². The van der Waals surface area contributed by atoms with E-state index in [9.17, 15) is 9.59 Å². The van der Waals surface area contributed by atoms with E-state index in [0.29, 0.717) is 29.2 Å². The SMILES string of the molecule is C=CCOC(=O)c1ccc2c(c1)c(C)c(C)n2Cc1ccc(O[C@@H](C=O)COC)c(Cl)c1. The second-order valence-corrected chi connectivity index (χ2v) is 7.84. The van der Waals surface area contributed by atoms with Gasteiger partial charge >= 0.3 is 5.97 Å². The lowest BCUT2D eigenvalue weighted by molar-refractivity contribution is -0.115. The largest absolute Gasteiger partial charge is 0.479 e. The minimum Gasteiger partial charge on any atom is -0.479 e. The van der Waals surface area contributed by atoms with Crippen LogP contribution in [-0.4, -0.2) is 43.3 Å². The molecular formula is C25H26ClNO5. The highest BCUT2D eigenvalue weighted by molar-refractivity contribution is 6.32. The van der Waals surface area contributed by atoms with Crippen molar-refractivity contribution in [3.05, 3.63) is 76.5 Å². The quantitative estimate of drug-likeness (QED) is 0.247. The molecule has 1 aromatic heterocycles. The number of carbonyl (C=O) groups is 2. The van der Waals surface area contributed by atoms with Crippen molar-refractivity contribution in [2.45, 2.75) is 26.5 Å². The average Bonchev–Trinajstić information content (AvgIpc) is 3.03. The number of carbonyl (C=O) groups excluding carboxylic acids is 2. The van der Waals surface area contributed by atoms with Gasteiger partial charge in [0, 0.05) is 30.3 Å². The van der Waals surface area contributed by atoms with Crippen LogP contribution >= 0.6 is 11.6 Å². The molecule has 0 radical (unpaired) electrons. The summed E-state index contributed by atoms with van der Waals surface area (Å²) in [5, 5.41) is 1.42. The Balaban J connectivity index is 1.88. The number of esters is 1. The van der Waals surface area contributed by atoms with E-state index in [1.54, 1.807) is 18.2 Å². The number of halogens is 1. The Morgan fingerprint density at radius 3 is 2.66 bits per heavy atom. The predicted molar refractivity (Wildman–Crippen MR) is 125 cm³/mol. The lowest BCUT2D eigenvalue weighted by atomic mass is 10.1. The van der Waals surface area contributed by atoms with Crippen LogP contribution in [0.25, 0.3) is 10.9 Å². The van der Waals surface area contributed by atoms with Gasteiger partial charge in [-0.2, -0.15) is 0 Å². The third kappa shape index (κ3) is 5.03. The van der Waals surface area contributed by atoms with Crippen molar-refractivity contribution in [1.82, 2.24) is 4.57 Å². The number of aromatic nitrogens is 1. The number of aldehydes is 1. The molecule has 0 aliphatic heterocycles. The van der Waals surface area contributed by atoms with Gasteiger partial charge in [-0.25, -0.2) is 4.79 Å². The molecule has 7 heteroatoms. The molecule has 3 rings (SSSR count). The number of rotatable bonds is 10. The highest BCUT2D eigenvalue weighted by atomic mass is 35.5. The van der Waals surface area contributed by atoms with Gasteiger partial charge in [0.25, 0.3) is 0 Å². The number of nitrogens with zero attached hydrogens (tertiary/aromatic N) is 1. The van der Waals surface area contributed by atoms with Crippen LogP contribution in [0.2, 0.25) is 5.02 Å². The average molecular weight is 456 g/mol. The zero-order valence-electron chi connectivity index (χ0n) is 18.4. The summed E-state index contributed by atoms with van der Waals surface area (Å²) in [6, 6.07) is 11.1. The first-order valence-corrected chi connectivity index (χ1v) is 10.5. The molecule has 168 valence electrons. The topological polar surface area (TPSA) is 66.8 Å². The summed E-state index contributed by atoms with van der Waals surface area (Å²) in [6.07, 6.45) is 1.52. The Morgan fingerprint density at radius 1 is 1.22 bits per heavy atom. The van der Waals surface area contributed by atoms with Crippen LogP contribution in [-0.2, 0) is 20.8 Å². The summed E-state index contributed by atoms with van der Waals surface area (Å²) >= 11 is 6.41. The van der Waals surface area contributed by atoms with Gasteiger partial charge in [-0.15, -0.1) is 0 Å². The molecule has 0 aliphatic rings. The third-order valence-electron chi connectivity index (χ3n) is 5.30. The summed E-state index contributed by atoms with van der Waals surface area (Å²) < 4.78 is 17.9. The third-order valence-corrected chi connectivity index (χ3v) is 5.60. The standard InChI is InChI=1S/C25H26ClNO5/c1-5-10-31-25(29)19-7-8-23-21(12-19)16(2)17(3)27(23)13-18-6-9-24(22(26)11-18)32-20(14-28)15-30-4/h5-9,11-12,14,20H,1,10,13,15H2,2-4H3/t20-/m0/s1. The molecule has 0 amide bonds. The smallest absolute Gasteiger partial charge is 0.338 e. The fourth-order valence-electron chi connectivity index (χ4n) is 3.55. The van der Waals surface area contributed by atoms with Gasteiger partial charge < -0.3 is 18.8 Å². The lowest BCUT2D eigenvalue weighted by Crippen LogP contribution is -2.23. The van der Waals surface area contributed by atoms with E-state index >= 15 is 0 Å². The molecule has 0 fully saturated rings. The van der Waals surface area contributed by atoms with E-state index in [2.05, 4.69) is 11.1 Å². The normalized spacial score (nSPS) is 11.9. The molecule has 0 saturated heterocycles. The number of methoxy groups -OCH3 is 1. The second-order valence-electron chi connectivity index (χ2n) is 7.43. The Kier molecular flexibility index (Phi) is 7.72. The monoisotopic (exact) mass is 455 g/mol. The van der Waals surface area contributed by atoms with Gasteiger partial charge in [-0.3, -0.25) is 4.79 Å². The van der Waals surface area contributed by atoms with Gasteiger partial charge in [-0.05, 0) is 55.3 Å². The molecular weight excluding hydrogens is 430 g/mol. The van der Waals surface area contributed by atoms with E-state index in [1.165, 1.54) is 7.11 Å². The molecule has 0 bridgehead atoms. The van der Waals surface area contributed by atoms with Crippen molar-refractivity contribution in [3.8, 4) is 5.75 Å². The summed E-state index contributed by atoms with van der Waals surface area (Å²) in [7, 11) is 1.50. The molecule has 0 spiro atoms. The number of benzene rings is 2. The first kappa shape index (κ1) is 23.6. The Morgan fingerprint density at radius 2 is 2.00 bits per heavy atom. The highest BCUT2D eigenvalue weighted by Crippen LogP contribution is 2.30. The molecule has 1 atom stereocenters. The van der Waals surface area contributed by atoms with Crippen LogP contribution in [0.3, 0.4) is 0 Å². The zero-order valence-corrected chi connectivity index (χ0v) is 19.1. The summed E-state index contributed by atoms with van der Waals surface area (Å²) in [4.78, 5) is 23.3. The summed E-state index contributed by atoms with van der Waals surface area (Å²) in [5.41, 5.74) is 4.68. The minimum absolute atomic E-state index is 0.151. The molecule has 0 N–H and O–H groups in total. The van der Waals surface area contributed by atoms with Crippen LogP contribution in [0.1, 0.15) is 27.2 Å². The lowest BCUT2D eigenvalue weighted by Gasteiger charge is -2.15. The number of hydrogen-bond donors (Lipinski definition) is 0. The van der Waals surface area contributed by atoms with E-state index in [0.717, 1.165) is 27.7 Å². The second kappa shape index (κ2) is 10.5. The van der Waals surface area contributed by atoms with E-state index in [-0.39, 0.29) is 19.2 Å². The number of ether oxygens (including phenoxy) is 3.